The molecule has 1 aromatic heterocycles. The van der Waals surface area contributed by atoms with Crippen LogP contribution in [0.3, 0.4) is 0 Å². The Morgan fingerprint density at radius 1 is 1.00 bits per heavy atom. The number of benzene rings is 2. The van der Waals surface area contributed by atoms with Crippen molar-refractivity contribution in [3.8, 4) is 18.1 Å². The molecule has 2 aromatic carbocycles. The van der Waals surface area contributed by atoms with Gasteiger partial charge in [-0.25, -0.2) is 4.98 Å². The van der Waals surface area contributed by atoms with E-state index in [9.17, 15) is 9.59 Å². The number of terminal acetylenes is 1. The largest absolute Gasteiger partial charge is 0.497 e. The average Bonchev–Trinajstić information content (AvgIpc) is 3.44. The van der Waals surface area contributed by atoms with Crippen LogP contribution in [0.2, 0.25) is 0 Å². The SMILES string of the molecule is C#Cc1ccc(NC(=O)c2cc(OC)ccc2NC(=O)c2ccc(C(=N)N3CCCC3)cc2)nc1. The molecule has 0 atom stereocenters. The minimum Gasteiger partial charge on any atom is -0.497 e. The molecule has 35 heavy (non-hydrogen) atoms. The zero-order chi connectivity index (χ0) is 24.8. The van der Waals surface area contributed by atoms with E-state index in [0.717, 1.165) is 31.5 Å². The molecule has 1 aliphatic rings. The number of nitrogens with one attached hydrogen (secondary N) is 3. The van der Waals surface area contributed by atoms with Gasteiger partial charge in [0.2, 0.25) is 0 Å². The highest BCUT2D eigenvalue weighted by Gasteiger charge is 2.19. The van der Waals surface area contributed by atoms with Crippen LogP contribution in [0.15, 0.2) is 60.8 Å². The predicted octanol–water partition coefficient (Wildman–Crippen LogP) is 4.00. The number of ether oxygens (including phenoxy) is 1. The molecule has 2 amide bonds. The Kier molecular flexibility index (Phi) is 7.07. The number of amidine groups is 1. The summed E-state index contributed by atoms with van der Waals surface area (Å²) < 4.78 is 5.25. The number of rotatable bonds is 6. The van der Waals surface area contributed by atoms with Crippen LogP contribution in [0, 0.1) is 17.8 Å². The molecular formula is C27H25N5O3. The Morgan fingerprint density at radius 3 is 2.34 bits per heavy atom. The molecule has 176 valence electrons. The number of anilines is 2. The van der Waals surface area contributed by atoms with E-state index >= 15 is 0 Å². The number of carbonyl (C=O) groups is 2. The number of amides is 2. The lowest BCUT2D eigenvalue weighted by Gasteiger charge is -2.18. The van der Waals surface area contributed by atoms with Crippen LogP contribution in [0.1, 0.15) is 44.7 Å². The fourth-order valence-electron chi connectivity index (χ4n) is 3.78. The predicted molar refractivity (Wildman–Crippen MR) is 135 cm³/mol. The van der Waals surface area contributed by atoms with E-state index in [1.54, 1.807) is 54.6 Å². The van der Waals surface area contributed by atoms with Gasteiger partial charge in [0.05, 0.1) is 18.4 Å². The van der Waals surface area contributed by atoms with E-state index < -0.39 is 5.91 Å². The summed E-state index contributed by atoms with van der Waals surface area (Å²) in [7, 11) is 1.50. The minimum atomic E-state index is -0.463. The maximum absolute atomic E-state index is 13.0. The van der Waals surface area contributed by atoms with Crippen molar-refractivity contribution in [3.05, 3.63) is 83.0 Å². The van der Waals surface area contributed by atoms with Crippen molar-refractivity contribution in [2.24, 2.45) is 0 Å². The summed E-state index contributed by atoms with van der Waals surface area (Å²) in [6.45, 7) is 1.76. The van der Waals surface area contributed by atoms with Gasteiger partial charge in [-0.05, 0) is 55.3 Å². The van der Waals surface area contributed by atoms with Crippen molar-refractivity contribution in [1.82, 2.24) is 9.88 Å². The van der Waals surface area contributed by atoms with Crippen LogP contribution in [0.4, 0.5) is 11.5 Å². The van der Waals surface area contributed by atoms with Gasteiger partial charge in [-0.2, -0.15) is 0 Å². The van der Waals surface area contributed by atoms with Gasteiger partial charge in [-0.1, -0.05) is 18.1 Å². The Hall–Kier alpha value is -4.64. The highest BCUT2D eigenvalue weighted by Crippen LogP contribution is 2.24. The molecule has 1 saturated heterocycles. The molecule has 0 aliphatic carbocycles. The first kappa shape index (κ1) is 23.5. The van der Waals surface area contributed by atoms with E-state index in [0.29, 0.717) is 34.2 Å². The third-order valence-electron chi connectivity index (χ3n) is 5.73. The molecule has 0 saturated carbocycles. The first-order valence-corrected chi connectivity index (χ1v) is 11.2. The minimum absolute atomic E-state index is 0.216. The van der Waals surface area contributed by atoms with Crippen LogP contribution < -0.4 is 15.4 Å². The topological polar surface area (TPSA) is 107 Å². The Labute approximate surface area is 203 Å². The second-order valence-corrected chi connectivity index (χ2v) is 8.02. The zero-order valence-electron chi connectivity index (χ0n) is 19.3. The van der Waals surface area contributed by atoms with Crippen molar-refractivity contribution in [3.63, 3.8) is 0 Å². The third kappa shape index (κ3) is 5.47. The molecule has 3 N–H and O–H groups in total. The van der Waals surface area contributed by atoms with E-state index in [1.807, 2.05) is 4.90 Å². The average molecular weight is 468 g/mol. The number of hydrogen-bond donors (Lipinski definition) is 3. The van der Waals surface area contributed by atoms with Gasteiger partial charge in [0.1, 0.15) is 17.4 Å². The maximum atomic E-state index is 13.0. The van der Waals surface area contributed by atoms with Crippen molar-refractivity contribution >= 4 is 29.2 Å². The van der Waals surface area contributed by atoms with Gasteiger partial charge in [-0.15, -0.1) is 6.42 Å². The molecule has 1 fully saturated rings. The second kappa shape index (κ2) is 10.5. The Balaban J connectivity index is 1.51. The van der Waals surface area contributed by atoms with Gasteiger partial charge in [0.15, 0.2) is 0 Å². The normalized spacial score (nSPS) is 12.5. The van der Waals surface area contributed by atoms with E-state index in [4.69, 9.17) is 16.6 Å². The number of hydrogen-bond acceptors (Lipinski definition) is 5. The van der Waals surface area contributed by atoms with E-state index in [1.165, 1.54) is 13.3 Å². The maximum Gasteiger partial charge on any atom is 0.259 e. The van der Waals surface area contributed by atoms with Crippen molar-refractivity contribution in [2.45, 2.75) is 12.8 Å². The molecule has 3 aromatic rings. The molecule has 8 nitrogen and oxygen atoms in total. The number of pyridine rings is 1. The van der Waals surface area contributed by atoms with Gasteiger partial charge < -0.3 is 20.3 Å². The van der Waals surface area contributed by atoms with Gasteiger partial charge >= 0.3 is 0 Å². The van der Waals surface area contributed by atoms with Crippen LogP contribution in [0.25, 0.3) is 0 Å². The summed E-state index contributed by atoms with van der Waals surface area (Å²) >= 11 is 0. The van der Waals surface area contributed by atoms with Gasteiger partial charge in [0.25, 0.3) is 11.8 Å². The van der Waals surface area contributed by atoms with Crippen LogP contribution >= 0.6 is 0 Å². The van der Waals surface area contributed by atoms with Crippen molar-refractivity contribution in [1.29, 1.82) is 5.41 Å². The van der Waals surface area contributed by atoms with Gasteiger partial charge in [-0.3, -0.25) is 15.0 Å². The summed E-state index contributed by atoms with van der Waals surface area (Å²) in [5.41, 5.74) is 2.31. The second-order valence-electron chi connectivity index (χ2n) is 8.02. The molecule has 0 spiro atoms. The fourth-order valence-corrected chi connectivity index (χ4v) is 3.78. The summed E-state index contributed by atoms with van der Waals surface area (Å²) in [6.07, 6.45) is 9.01. The van der Waals surface area contributed by atoms with E-state index in [2.05, 4.69) is 21.5 Å². The lowest BCUT2D eigenvalue weighted by Crippen LogP contribution is -2.27. The number of likely N-dealkylation sites (tertiary alicyclic amines) is 1. The molecule has 0 bridgehead atoms. The monoisotopic (exact) mass is 467 g/mol. The smallest absolute Gasteiger partial charge is 0.259 e. The Morgan fingerprint density at radius 2 is 1.71 bits per heavy atom. The first-order valence-electron chi connectivity index (χ1n) is 11.2. The third-order valence-corrected chi connectivity index (χ3v) is 5.73. The van der Waals surface area contributed by atoms with E-state index in [-0.39, 0.29) is 11.5 Å². The number of methoxy groups -OCH3 is 1. The highest BCUT2D eigenvalue weighted by molar-refractivity contribution is 6.12. The summed E-state index contributed by atoms with van der Waals surface area (Å²) in [4.78, 5) is 32.1. The summed E-state index contributed by atoms with van der Waals surface area (Å²) in [5, 5.41) is 13.9. The molecule has 2 heterocycles. The number of carbonyl (C=O) groups excluding carboxylic acids is 2. The Bertz CT molecular complexity index is 1290. The zero-order valence-corrected chi connectivity index (χ0v) is 19.3. The van der Waals surface area contributed by atoms with Crippen LogP contribution in [0.5, 0.6) is 5.75 Å². The summed E-state index contributed by atoms with van der Waals surface area (Å²) in [6, 6.07) is 15.0. The molecule has 0 unspecified atom stereocenters. The number of nitrogens with zero attached hydrogens (tertiary/aromatic N) is 2. The molecular weight excluding hydrogens is 442 g/mol. The quantitative estimate of drug-likeness (QED) is 0.289. The lowest BCUT2D eigenvalue weighted by molar-refractivity contribution is 0.102. The standard InChI is InChI=1S/C27H25N5O3/c1-3-18-6-13-24(29-17-18)31-27(34)22-16-21(35-2)11-12-23(22)30-26(33)20-9-7-19(8-10-20)25(28)32-14-4-5-15-32/h1,6-13,16-17,28H,4-5,14-15H2,2H3,(H,30,33)(H,29,31,34). The van der Waals surface area contributed by atoms with Crippen molar-refractivity contribution in [2.75, 3.05) is 30.8 Å². The van der Waals surface area contributed by atoms with Crippen LogP contribution in [-0.4, -0.2) is 47.7 Å². The molecule has 8 heteroatoms. The van der Waals surface area contributed by atoms with Crippen LogP contribution in [-0.2, 0) is 0 Å². The number of aromatic nitrogens is 1. The van der Waals surface area contributed by atoms with Crippen molar-refractivity contribution < 1.29 is 14.3 Å². The first-order chi connectivity index (χ1) is 17.0. The summed E-state index contributed by atoms with van der Waals surface area (Å²) in [5.74, 6) is 2.89. The molecule has 1 aliphatic heterocycles. The fraction of sp³-hybridized carbons (Fsp3) is 0.185. The molecule has 0 radical (unpaired) electrons. The highest BCUT2D eigenvalue weighted by atomic mass is 16.5. The lowest BCUT2D eigenvalue weighted by atomic mass is 10.1. The molecule has 4 rings (SSSR count). The van der Waals surface area contributed by atoms with Gasteiger partial charge in [0, 0.05) is 36.0 Å².